The molecule has 386 valence electrons. The highest BCUT2D eigenvalue weighted by Crippen LogP contribution is 2.66. The highest BCUT2D eigenvalue weighted by molar-refractivity contribution is 5.94. The van der Waals surface area contributed by atoms with Gasteiger partial charge in [0.2, 0.25) is 23.6 Å². The third kappa shape index (κ3) is 14.6. The van der Waals surface area contributed by atoms with E-state index in [2.05, 4.69) is 49.0 Å². The second kappa shape index (κ2) is 23.3. The van der Waals surface area contributed by atoms with E-state index in [1.54, 1.807) is 51.3 Å². The Morgan fingerprint density at radius 2 is 0.956 bits per heavy atom. The van der Waals surface area contributed by atoms with Crippen LogP contribution in [0.5, 0.6) is 0 Å². The third-order valence-corrected chi connectivity index (χ3v) is 15.6. The number of carbonyl (C=O) groups is 7. The van der Waals surface area contributed by atoms with Crippen LogP contribution in [0.25, 0.3) is 0 Å². The third-order valence-electron chi connectivity index (χ3n) is 15.6. The molecule has 6 rings (SSSR count). The number of aliphatic hydroxyl groups excluding tert-OH is 1. The number of nitrogens with zero attached hydrogens (tertiary/aromatic N) is 2. The molecule has 0 aromatic rings. The van der Waals surface area contributed by atoms with Crippen molar-refractivity contribution in [2.45, 2.75) is 232 Å². The zero-order chi connectivity index (χ0) is 50.2. The van der Waals surface area contributed by atoms with E-state index in [0.717, 1.165) is 103 Å². The first-order valence-electron chi connectivity index (χ1n) is 26.2. The summed E-state index contributed by atoms with van der Waals surface area (Å²) in [5, 5.41) is 21.4. The van der Waals surface area contributed by atoms with E-state index in [1.807, 2.05) is 0 Å². The molecule has 10 atom stereocenters. The molecule has 2 saturated carbocycles. The number of piperidine rings is 2. The summed E-state index contributed by atoms with van der Waals surface area (Å²) in [4.78, 5) is 94.2. The summed E-state index contributed by atoms with van der Waals surface area (Å²) in [6, 6.07) is -3.47. The zero-order valence-electron chi connectivity index (χ0n) is 43.2. The van der Waals surface area contributed by atoms with Gasteiger partial charge in [-0.3, -0.25) is 19.2 Å². The minimum absolute atomic E-state index is 0.00240. The van der Waals surface area contributed by atoms with Gasteiger partial charge in [0.1, 0.15) is 41.7 Å². The predicted molar refractivity (Wildman–Crippen MR) is 259 cm³/mol. The van der Waals surface area contributed by atoms with E-state index < -0.39 is 53.6 Å². The molecule has 0 unspecified atom stereocenters. The van der Waals surface area contributed by atoms with Crippen LogP contribution in [0.1, 0.15) is 185 Å². The molecule has 4 aliphatic heterocycles. The Balaban J connectivity index is 0.000000254. The maximum Gasteiger partial charge on any atom is 0.408 e. The van der Waals surface area contributed by atoms with Gasteiger partial charge in [-0.05, 0) is 102 Å². The van der Waals surface area contributed by atoms with Crippen LogP contribution < -0.4 is 21.3 Å². The standard InChI is InChI=1S/C26H45N3O5.C26H43N3O5/c2*1-25(2,3)34-24(33)28-19-14-12-10-8-6-7-9-11-13-17(16-30)27-22(31)21-20-18(26(20,4)5)15-29(21)23(19)32/h17-21,30H,6-16H2,1-5H3,(H,27,31)(H,28,33);16-21H,6-15H2,1-5H3,(H,27,31)(H,28,33)/t2*17-,18-,19-,20-,21-/m00/s1. The van der Waals surface area contributed by atoms with Crippen molar-refractivity contribution in [2.75, 3.05) is 19.7 Å². The number of rotatable bonds is 4. The maximum absolute atomic E-state index is 13.7. The summed E-state index contributed by atoms with van der Waals surface area (Å²) in [6.45, 7) is 20.2. The maximum atomic E-state index is 13.7. The first-order valence-corrected chi connectivity index (χ1v) is 26.2. The van der Waals surface area contributed by atoms with Crippen LogP contribution in [-0.4, -0.2) is 124 Å². The number of alkyl carbamates (subject to hydrolysis) is 2. The number of hydrogen-bond donors (Lipinski definition) is 5. The molecule has 16 nitrogen and oxygen atoms in total. The quantitative estimate of drug-likeness (QED) is 0.183. The molecule has 6 fully saturated rings. The highest BCUT2D eigenvalue weighted by atomic mass is 16.6. The lowest BCUT2D eigenvalue weighted by Gasteiger charge is -2.34. The molecule has 4 saturated heterocycles. The number of amides is 6. The number of carbonyl (C=O) groups excluding carboxylic acids is 7. The molecule has 5 N–H and O–H groups in total. The zero-order valence-corrected chi connectivity index (χ0v) is 43.2. The molecular formula is C52H88N6O10. The minimum atomic E-state index is -0.736. The average Bonchev–Trinajstić information content (AvgIpc) is 3.69. The Bertz CT molecular complexity index is 1770. The largest absolute Gasteiger partial charge is 0.444 e. The van der Waals surface area contributed by atoms with Gasteiger partial charge in [0, 0.05) is 13.1 Å². The number of hydrogen-bond acceptors (Lipinski definition) is 10. The van der Waals surface area contributed by atoms with Crippen molar-refractivity contribution in [1.29, 1.82) is 0 Å². The molecule has 0 radical (unpaired) electrons. The number of ether oxygens (including phenoxy) is 2. The summed E-state index contributed by atoms with van der Waals surface area (Å²) in [7, 11) is 0. The molecule has 68 heavy (non-hydrogen) atoms. The Morgan fingerprint density at radius 1 is 0.603 bits per heavy atom. The van der Waals surface area contributed by atoms with E-state index in [-0.39, 0.29) is 70.8 Å². The van der Waals surface area contributed by atoms with E-state index in [1.165, 1.54) is 0 Å². The van der Waals surface area contributed by atoms with Gasteiger partial charge in [0.15, 0.2) is 0 Å². The summed E-state index contributed by atoms with van der Waals surface area (Å²) < 4.78 is 10.8. The van der Waals surface area contributed by atoms with Gasteiger partial charge in [-0.25, -0.2) is 9.59 Å². The summed E-state index contributed by atoms with van der Waals surface area (Å²) >= 11 is 0. The van der Waals surface area contributed by atoms with E-state index >= 15 is 0 Å². The fourth-order valence-corrected chi connectivity index (χ4v) is 11.6. The van der Waals surface area contributed by atoms with Gasteiger partial charge >= 0.3 is 12.2 Å². The summed E-state index contributed by atoms with van der Waals surface area (Å²) in [5.74, 6) is -0.220. The van der Waals surface area contributed by atoms with Crippen molar-refractivity contribution in [3.63, 3.8) is 0 Å². The lowest BCUT2D eigenvalue weighted by atomic mass is 9.97. The van der Waals surface area contributed by atoms with Gasteiger partial charge in [-0.1, -0.05) is 118 Å². The number of aliphatic hydroxyl groups is 1. The fourth-order valence-electron chi connectivity index (χ4n) is 11.6. The topological polar surface area (TPSA) is 213 Å². The molecule has 6 amide bonds. The Morgan fingerprint density at radius 3 is 1.32 bits per heavy atom. The van der Waals surface area contributed by atoms with E-state index in [0.29, 0.717) is 32.4 Å². The van der Waals surface area contributed by atoms with Crippen LogP contribution >= 0.6 is 0 Å². The normalized spacial score (nSPS) is 32.8. The van der Waals surface area contributed by atoms with Crippen molar-refractivity contribution < 1.29 is 48.1 Å². The van der Waals surface area contributed by atoms with E-state index in [9.17, 15) is 38.7 Å². The molecule has 6 aliphatic rings. The SMILES string of the molecule is CC(C)(C)OC(=O)N[C@H]1CCCCCCCCC[C@@H](C=O)NC(=O)[C@@H]2[C@@H]3[C@H](CN2C1=O)C3(C)C.CC(C)(C)OC(=O)N[C@H]1CCCCCCCCC[C@@H](CO)NC(=O)[C@@H]2[C@@H]3[C@H](CN2C1=O)C3(C)C. The van der Waals surface area contributed by atoms with Gasteiger partial charge < -0.3 is 50.4 Å². The summed E-state index contributed by atoms with van der Waals surface area (Å²) in [6.07, 6.45) is 16.2. The number of fused-ring (bicyclic) bond motifs is 6. The highest BCUT2D eigenvalue weighted by Gasteiger charge is 2.70. The lowest BCUT2D eigenvalue weighted by molar-refractivity contribution is -0.142. The molecule has 0 aromatic heterocycles. The number of nitrogens with one attached hydrogen (secondary N) is 4. The molecule has 4 heterocycles. The molecule has 16 heteroatoms. The second-order valence-electron chi connectivity index (χ2n) is 23.9. The van der Waals surface area contributed by atoms with Crippen molar-refractivity contribution in [2.24, 2.45) is 34.5 Å². The monoisotopic (exact) mass is 957 g/mol. The second-order valence-corrected chi connectivity index (χ2v) is 23.9. The van der Waals surface area contributed by atoms with Crippen LogP contribution in [-0.2, 0) is 33.4 Å². The van der Waals surface area contributed by atoms with Crippen LogP contribution in [0.2, 0.25) is 0 Å². The van der Waals surface area contributed by atoms with Crippen molar-refractivity contribution in [1.82, 2.24) is 31.1 Å². The van der Waals surface area contributed by atoms with Crippen LogP contribution in [0.3, 0.4) is 0 Å². The molecule has 0 bridgehead atoms. The minimum Gasteiger partial charge on any atom is -0.444 e. The first kappa shape index (κ1) is 55.0. The average molecular weight is 957 g/mol. The van der Waals surface area contributed by atoms with Gasteiger partial charge in [-0.2, -0.15) is 0 Å². The lowest BCUT2D eigenvalue weighted by Crippen LogP contribution is -2.57. The van der Waals surface area contributed by atoms with E-state index in [4.69, 9.17) is 9.47 Å². The van der Waals surface area contributed by atoms with Crippen LogP contribution in [0.4, 0.5) is 9.59 Å². The predicted octanol–water partition coefficient (Wildman–Crippen LogP) is 6.94. The van der Waals surface area contributed by atoms with Crippen LogP contribution in [0.15, 0.2) is 0 Å². The first-order chi connectivity index (χ1) is 31.9. The van der Waals surface area contributed by atoms with Crippen molar-refractivity contribution >= 4 is 42.1 Å². The molecule has 0 spiro atoms. The Hall–Kier alpha value is -3.95. The smallest absolute Gasteiger partial charge is 0.408 e. The number of aldehydes is 1. The van der Waals surface area contributed by atoms with Gasteiger partial charge in [0.05, 0.1) is 18.7 Å². The van der Waals surface area contributed by atoms with Gasteiger partial charge in [0.25, 0.3) is 0 Å². The Kier molecular flexibility index (Phi) is 18.8. The van der Waals surface area contributed by atoms with Crippen molar-refractivity contribution in [3.05, 3.63) is 0 Å². The van der Waals surface area contributed by atoms with Crippen molar-refractivity contribution in [3.8, 4) is 0 Å². The molecule has 2 aliphatic carbocycles. The summed E-state index contributed by atoms with van der Waals surface area (Å²) in [5.41, 5.74) is -1.35. The van der Waals surface area contributed by atoms with Gasteiger partial charge in [-0.15, -0.1) is 0 Å². The Labute approximate surface area is 406 Å². The fraction of sp³-hybridized carbons (Fsp3) is 0.865. The van der Waals surface area contributed by atoms with Crippen LogP contribution in [0, 0.1) is 34.5 Å². The molecular weight excluding hydrogens is 869 g/mol. The molecule has 0 aromatic carbocycles.